The zero-order chi connectivity index (χ0) is 11.0. The van der Waals surface area contributed by atoms with Gasteiger partial charge in [-0.1, -0.05) is 0 Å². The molecule has 1 saturated heterocycles. The van der Waals surface area contributed by atoms with Crippen LogP contribution >= 0.6 is 11.6 Å². The number of aryl methyl sites for hydroxylation is 2. The van der Waals surface area contributed by atoms with Gasteiger partial charge in [0.15, 0.2) is 6.29 Å². The second-order valence-electron chi connectivity index (χ2n) is 3.79. The van der Waals surface area contributed by atoms with Gasteiger partial charge < -0.3 is 9.47 Å². The van der Waals surface area contributed by atoms with Crippen LogP contribution in [0.25, 0.3) is 0 Å². The molecule has 1 aromatic rings. The van der Waals surface area contributed by atoms with Gasteiger partial charge >= 0.3 is 0 Å². The molecule has 15 heavy (non-hydrogen) atoms. The Morgan fingerprint density at radius 2 is 2.27 bits per heavy atom. The average Bonchev–Trinajstić information content (AvgIpc) is 2.74. The monoisotopic (exact) mass is 230 g/mol. The standard InChI is InChI=1S/C10H15ClN2O2/c1-6-9(7(2)13(3)12-6)10-14-5-8(4-11)15-10/h8,10H,4-5H2,1-3H3. The van der Waals surface area contributed by atoms with Crippen molar-refractivity contribution in [1.29, 1.82) is 0 Å². The van der Waals surface area contributed by atoms with E-state index in [1.54, 1.807) is 0 Å². The Labute approximate surface area is 94.1 Å². The van der Waals surface area contributed by atoms with Gasteiger partial charge in [-0.3, -0.25) is 4.68 Å². The van der Waals surface area contributed by atoms with Gasteiger partial charge in [-0.25, -0.2) is 0 Å². The Morgan fingerprint density at radius 3 is 2.73 bits per heavy atom. The maximum absolute atomic E-state index is 5.72. The number of ether oxygens (including phenoxy) is 2. The summed E-state index contributed by atoms with van der Waals surface area (Å²) in [6.07, 6.45) is -0.307. The molecule has 1 aromatic heterocycles. The molecule has 2 heterocycles. The molecule has 84 valence electrons. The molecule has 1 aliphatic rings. The Bertz CT molecular complexity index is 365. The lowest BCUT2D eigenvalue weighted by atomic mass is 10.2. The molecule has 0 N–H and O–H groups in total. The van der Waals surface area contributed by atoms with Crippen molar-refractivity contribution in [2.24, 2.45) is 7.05 Å². The predicted octanol–water partition coefficient (Wildman–Crippen LogP) is 1.69. The second-order valence-corrected chi connectivity index (χ2v) is 4.09. The lowest BCUT2D eigenvalue weighted by Crippen LogP contribution is -2.11. The molecule has 1 fully saturated rings. The van der Waals surface area contributed by atoms with E-state index < -0.39 is 0 Å². The van der Waals surface area contributed by atoms with E-state index >= 15 is 0 Å². The van der Waals surface area contributed by atoms with Crippen LogP contribution in [0.1, 0.15) is 23.2 Å². The molecular formula is C10H15ClN2O2. The van der Waals surface area contributed by atoms with Crippen LogP contribution in [0.15, 0.2) is 0 Å². The summed E-state index contributed by atoms with van der Waals surface area (Å²) in [5, 5.41) is 4.33. The first-order valence-electron chi connectivity index (χ1n) is 4.96. The lowest BCUT2D eigenvalue weighted by Gasteiger charge is -2.10. The third-order valence-electron chi connectivity index (χ3n) is 2.72. The van der Waals surface area contributed by atoms with Gasteiger partial charge in [0, 0.05) is 12.7 Å². The SMILES string of the molecule is Cc1nn(C)c(C)c1C1OCC(CCl)O1. The minimum atomic E-state index is -0.303. The molecule has 1 aliphatic heterocycles. The van der Waals surface area contributed by atoms with Crippen molar-refractivity contribution in [3.8, 4) is 0 Å². The van der Waals surface area contributed by atoms with Crippen LogP contribution in [0.2, 0.25) is 0 Å². The zero-order valence-electron chi connectivity index (χ0n) is 9.16. The van der Waals surface area contributed by atoms with E-state index in [0.717, 1.165) is 17.0 Å². The highest BCUT2D eigenvalue weighted by atomic mass is 35.5. The topological polar surface area (TPSA) is 36.3 Å². The number of alkyl halides is 1. The number of hydrogen-bond donors (Lipinski definition) is 0. The van der Waals surface area contributed by atoms with Crippen LogP contribution < -0.4 is 0 Å². The van der Waals surface area contributed by atoms with Gasteiger partial charge in [0.05, 0.1) is 29.8 Å². The molecule has 0 spiro atoms. The zero-order valence-corrected chi connectivity index (χ0v) is 9.91. The Kier molecular flexibility index (Phi) is 3.00. The number of hydrogen-bond acceptors (Lipinski definition) is 3. The van der Waals surface area contributed by atoms with Gasteiger partial charge in [-0.2, -0.15) is 5.10 Å². The first kappa shape index (κ1) is 10.9. The van der Waals surface area contributed by atoms with Crippen molar-refractivity contribution in [3.05, 3.63) is 17.0 Å². The van der Waals surface area contributed by atoms with Crippen molar-refractivity contribution < 1.29 is 9.47 Å². The summed E-state index contributed by atoms with van der Waals surface area (Å²) in [7, 11) is 1.92. The lowest BCUT2D eigenvalue weighted by molar-refractivity contribution is -0.0575. The molecular weight excluding hydrogens is 216 g/mol. The molecule has 0 bridgehead atoms. The quantitative estimate of drug-likeness (QED) is 0.726. The fraction of sp³-hybridized carbons (Fsp3) is 0.700. The van der Waals surface area contributed by atoms with E-state index in [-0.39, 0.29) is 12.4 Å². The van der Waals surface area contributed by atoms with E-state index in [1.165, 1.54) is 0 Å². The molecule has 2 atom stereocenters. The van der Waals surface area contributed by atoms with Gasteiger partial charge in [-0.05, 0) is 13.8 Å². The van der Waals surface area contributed by atoms with Gasteiger partial charge in [-0.15, -0.1) is 11.6 Å². The van der Waals surface area contributed by atoms with Gasteiger partial charge in [0.25, 0.3) is 0 Å². The van der Waals surface area contributed by atoms with Crippen LogP contribution in [0.5, 0.6) is 0 Å². The summed E-state index contributed by atoms with van der Waals surface area (Å²) in [5.74, 6) is 0.467. The number of rotatable bonds is 2. The summed E-state index contributed by atoms with van der Waals surface area (Å²) in [6, 6.07) is 0. The number of aromatic nitrogens is 2. The average molecular weight is 231 g/mol. The summed E-state index contributed by atoms with van der Waals surface area (Å²) in [4.78, 5) is 0. The molecule has 0 saturated carbocycles. The van der Waals surface area contributed by atoms with E-state index in [4.69, 9.17) is 21.1 Å². The maximum atomic E-state index is 5.72. The first-order valence-corrected chi connectivity index (χ1v) is 5.50. The highest BCUT2D eigenvalue weighted by Crippen LogP contribution is 2.31. The van der Waals surface area contributed by atoms with E-state index in [1.807, 2.05) is 25.6 Å². The van der Waals surface area contributed by atoms with Crippen molar-refractivity contribution >= 4 is 11.6 Å². The minimum Gasteiger partial charge on any atom is -0.345 e. The van der Waals surface area contributed by atoms with Crippen molar-refractivity contribution in [2.45, 2.75) is 26.2 Å². The number of nitrogens with zero attached hydrogens (tertiary/aromatic N) is 2. The third-order valence-corrected chi connectivity index (χ3v) is 3.07. The minimum absolute atomic E-state index is 0.00401. The summed E-state index contributed by atoms with van der Waals surface area (Å²) in [5.41, 5.74) is 3.06. The van der Waals surface area contributed by atoms with Crippen LogP contribution in [0.3, 0.4) is 0 Å². The molecule has 0 aliphatic carbocycles. The molecule has 5 heteroatoms. The van der Waals surface area contributed by atoms with Crippen LogP contribution in [0, 0.1) is 13.8 Å². The summed E-state index contributed by atoms with van der Waals surface area (Å²) < 4.78 is 13.1. The largest absolute Gasteiger partial charge is 0.345 e. The van der Waals surface area contributed by atoms with E-state index in [2.05, 4.69) is 5.10 Å². The van der Waals surface area contributed by atoms with E-state index in [0.29, 0.717) is 12.5 Å². The highest BCUT2D eigenvalue weighted by molar-refractivity contribution is 6.18. The van der Waals surface area contributed by atoms with Crippen LogP contribution in [0.4, 0.5) is 0 Å². The van der Waals surface area contributed by atoms with Crippen molar-refractivity contribution in [3.63, 3.8) is 0 Å². The summed E-state index contributed by atoms with van der Waals surface area (Å²) in [6.45, 7) is 4.53. The Balaban J connectivity index is 2.23. The second kappa shape index (κ2) is 4.12. The smallest absolute Gasteiger partial charge is 0.187 e. The first-order chi connectivity index (χ1) is 7.13. The van der Waals surface area contributed by atoms with Gasteiger partial charge in [0.1, 0.15) is 0 Å². The number of halogens is 1. The molecule has 0 radical (unpaired) electrons. The van der Waals surface area contributed by atoms with Crippen LogP contribution in [-0.2, 0) is 16.5 Å². The maximum Gasteiger partial charge on any atom is 0.187 e. The third kappa shape index (κ3) is 1.89. The van der Waals surface area contributed by atoms with Crippen molar-refractivity contribution in [2.75, 3.05) is 12.5 Å². The highest BCUT2D eigenvalue weighted by Gasteiger charge is 2.30. The fourth-order valence-electron chi connectivity index (χ4n) is 1.81. The Morgan fingerprint density at radius 1 is 1.53 bits per heavy atom. The molecule has 2 rings (SSSR count). The van der Waals surface area contributed by atoms with E-state index in [9.17, 15) is 0 Å². The molecule has 0 aromatic carbocycles. The predicted molar refractivity (Wildman–Crippen MR) is 57.0 cm³/mol. The normalized spacial score (nSPS) is 26.1. The molecule has 0 amide bonds. The van der Waals surface area contributed by atoms with Gasteiger partial charge in [0.2, 0.25) is 0 Å². The Hall–Kier alpha value is -0.580. The van der Waals surface area contributed by atoms with Crippen molar-refractivity contribution in [1.82, 2.24) is 9.78 Å². The summed E-state index contributed by atoms with van der Waals surface area (Å²) >= 11 is 5.72. The van der Waals surface area contributed by atoms with Crippen LogP contribution in [-0.4, -0.2) is 28.4 Å². The molecule has 4 nitrogen and oxygen atoms in total. The molecule has 2 unspecified atom stereocenters. The fourth-order valence-corrected chi connectivity index (χ4v) is 1.97.